The van der Waals surface area contributed by atoms with Gasteiger partial charge in [-0.3, -0.25) is 14.2 Å². The molecule has 0 saturated heterocycles. The van der Waals surface area contributed by atoms with Gasteiger partial charge in [-0.05, 0) is 48.0 Å². The zero-order valence-corrected chi connectivity index (χ0v) is 21.4. The molecule has 0 aliphatic carbocycles. The first-order chi connectivity index (χ1) is 18.4. The number of methoxy groups -OCH3 is 2. The van der Waals surface area contributed by atoms with E-state index in [0.717, 1.165) is 17.3 Å². The first-order valence-electron chi connectivity index (χ1n) is 11.5. The first-order valence-corrected chi connectivity index (χ1v) is 12.5. The van der Waals surface area contributed by atoms with Gasteiger partial charge >= 0.3 is 5.97 Å². The van der Waals surface area contributed by atoms with E-state index in [1.165, 1.54) is 23.8 Å². The smallest absolute Gasteiger partial charge is 0.337 e. The molecule has 0 unspecified atom stereocenters. The van der Waals surface area contributed by atoms with E-state index in [4.69, 9.17) is 18.9 Å². The van der Waals surface area contributed by atoms with Gasteiger partial charge in [0.2, 0.25) is 12.7 Å². The molecule has 2 heterocycles. The lowest BCUT2D eigenvalue weighted by atomic mass is 10.1. The van der Waals surface area contributed by atoms with Crippen molar-refractivity contribution in [3.8, 4) is 17.2 Å². The average molecular weight is 534 g/mol. The van der Waals surface area contributed by atoms with Gasteiger partial charge in [-0.15, -0.1) is 0 Å². The molecule has 0 radical (unpaired) electrons. The molecule has 0 fully saturated rings. The van der Waals surface area contributed by atoms with Gasteiger partial charge in [-0.25, -0.2) is 9.78 Å². The van der Waals surface area contributed by atoms with Crippen molar-refractivity contribution >= 4 is 40.2 Å². The Morgan fingerprint density at radius 2 is 1.89 bits per heavy atom. The van der Waals surface area contributed by atoms with Crippen LogP contribution in [0.1, 0.15) is 15.9 Å². The fourth-order valence-electron chi connectivity index (χ4n) is 3.94. The maximum absolute atomic E-state index is 13.6. The van der Waals surface area contributed by atoms with E-state index < -0.39 is 5.97 Å². The Balaban J connectivity index is 1.47. The van der Waals surface area contributed by atoms with Crippen LogP contribution in [-0.4, -0.2) is 48.2 Å². The second kappa shape index (κ2) is 10.9. The highest BCUT2D eigenvalue weighted by atomic mass is 32.2. The Labute approximate surface area is 221 Å². The van der Waals surface area contributed by atoms with Crippen molar-refractivity contribution in [3.63, 3.8) is 0 Å². The molecule has 0 atom stereocenters. The van der Waals surface area contributed by atoms with E-state index in [9.17, 15) is 14.4 Å². The largest absolute Gasteiger partial charge is 0.497 e. The number of fused-ring (bicyclic) bond motifs is 2. The van der Waals surface area contributed by atoms with Crippen molar-refractivity contribution < 1.29 is 28.5 Å². The van der Waals surface area contributed by atoms with Gasteiger partial charge in [-0.2, -0.15) is 0 Å². The Kier molecular flexibility index (Phi) is 7.18. The number of ether oxygens (including phenoxy) is 4. The van der Waals surface area contributed by atoms with Crippen molar-refractivity contribution in [3.05, 3.63) is 82.1 Å². The minimum atomic E-state index is -0.537. The zero-order chi connectivity index (χ0) is 26.6. The first kappa shape index (κ1) is 25.2. The quantitative estimate of drug-likeness (QED) is 0.205. The van der Waals surface area contributed by atoms with E-state index >= 15 is 0 Å². The summed E-state index contributed by atoms with van der Waals surface area (Å²) in [5.41, 5.74) is 1.68. The number of amides is 1. The van der Waals surface area contributed by atoms with Crippen molar-refractivity contribution in [2.24, 2.45) is 0 Å². The molecule has 10 nitrogen and oxygen atoms in total. The van der Waals surface area contributed by atoms with Gasteiger partial charge in [0.15, 0.2) is 16.7 Å². The molecule has 0 spiro atoms. The van der Waals surface area contributed by atoms with Crippen molar-refractivity contribution in [1.82, 2.24) is 9.55 Å². The molecular weight excluding hydrogens is 510 g/mol. The minimum Gasteiger partial charge on any atom is -0.497 e. The third kappa shape index (κ3) is 5.28. The SMILES string of the molecule is COC(=O)c1ccc2c(=O)n(Cc3ccc4c(c3)OCO4)c(SCC(=O)Nc3cccc(OC)c3)nc2c1. The van der Waals surface area contributed by atoms with E-state index in [0.29, 0.717) is 39.0 Å². The molecule has 11 heteroatoms. The number of hydrogen-bond donors (Lipinski definition) is 1. The number of carbonyl (C=O) groups is 2. The number of hydrogen-bond acceptors (Lipinski definition) is 9. The topological polar surface area (TPSA) is 118 Å². The molecule has 3 aromatic carbocycles. The Morgan fingerprint density at radius 3 is 2.71 bits per heavy atom. The zero-order valence-electron chi connectivity index (χ0n) is 20.6. The van der Waals surface area contributed by atoms with E-state index in [1.807, 2.05) is 12.1 Å². The number of benzene rings is 3. The standard InChI is InChI=1S/C27H23N3O7S/c1-34-19-5-3-4-18(12-19)28-24(31)14-38-27-29-21-11-17(26(33)35-2)7-8-20(21)25(32)30(27)13-16-6-9-22-23(10-16)37-15-36-22/h3-12H,13-15H2,1-2H3,(H,28,31). The van der Waals surface area contributed by atoms with Crippen LogP contribution < -0.4 is 25.1 Å². The Bertz CT molecular complexity index is 1600. The summed E-state index contributed by atoms with van der Waals surface area (Å²) in [4.78, 5) is 43.0. The third-order valence-corrected chi connectivity index (χ3v) is 6.78. The number of anilines is 1. The highest BCUT2D eigenvalue weighted by Gasteiger charge is 2.18. The van der Waals surface area contributed by atoms with Crippen LogP contribution in [0.5, 0.6) is 17.2 Å². The molecule has 1 amide bonds. The number of thioether (sulfide) groups is 1. The van der Waals surface area contributed by atoms with E-state index in [1.54, 1.807) is 43.5 Å². The summed E-state index contributed by atoms with van der Waals surface area (Å²) < 4.78 is 22.3. The summed E-state index contributed by atoms with van der Waals surface area (Å²) in [6.45, 7) is 0.333. The van der Waals surface area contributed by atoms with Crippen LogP contribution in [0, 0.1) is 0 Å². The summed E-state index contributed by atoms with van der Waals surface area (Å²) in [6.07, 6.45) is 0. The van der Waals surface area contributed by atoms with Crippen LogP contribution in [0.3, 0.4) is 0 Å². The van der Waals surface area contributed by atoms with Gasteiger partial charge < -0.3 is 24.3 Å². The molecule has 194 valence electrons. The highest BCUT2D eigenvalue weighted by Crippen LogP contribution is 2.33. The molecule has 4 aromatic rings. The molecular formula is C27H23N3O7S. The molecule has 0 saturated carbocycles. The molecule has 5 rings (SSSR count). The molecule has 1 N–H and O–H groups in total. The Morgan fingerprint density at radius 1 is 1.05 bits per heavy atom. The van der Waals surface area contributed by atoms with E-state index in [-0.39, 0.29) is 36.1 Å². The van der Waals surface area contributed by atoms with Gasteiger partial charge in [0.25, 0.3) is 5.56 Å². The summed E-state index contributed by atoms with van der Waals surface area (Å²) in [7, 11) is 2.83. The van der Waals surface area contributed by atoms with Crippen molar-refractivity contribution in [1.29, 1.82) is 0 Å². The highest BCUT2D eigenvalue weighted by molar-refractivity contribution is 7.99. The fraction of sp³-hybridized carbons (Fsp3) is 0.185. The fourth-order valence-corrected chi connectivity index (χ4v) is 4.74. The molecule has 1 aromatic heterocycles. The molecule has 38 heavy (non-hydrogen) atoms. The summed E-state index contributed by atoms with van der Waals surface area (Å²) in [5.74, 6) is 1.02. The summed E-state index contributed by atoms with van der Waals surface area (Å²) in [5, 5.41) is 3.48. The lowest BCUT2D eigenvalue weighted by Crippen LogP contribution is -2.25. The number of nitrogens with zero attached hydrogens (tertiary/aromatic N) is 2. The number of esters is 1. The van der Waals surface area contributed by atoms with Gasteiger partial charge in [-0.1, -0.05) is 23.9 Å². The lowest BCUT2D eigenvalue weighted by Gasteiger charge is -2.14. The van der Waals surface area contributed by atoms with Crippen LogP contribution in [-0.2, 0) is 16.1 Å². The monoisotopic (exact) mass is 533 g/mol. The number of nitrogens with one attached hydrogen (secondary N) is 1. The summed E-state index contributed by atoms with van der Waals surface area (Å²) in [6, 6.07) is 17.0. The van der Waals surface area contributed by atoms with Crippen LogP contribution >= 0.6 is 11.8 Å². The van der Waals surface area contributed by atoms with Crippen LogP contribution in [0.4, 0.5) is 5.69 Å². The van der Waals surface area contributed by atoms with E-state index in [2.05, 4.69) is 10.3 Å². The minimum absolute atomic E-state index is 0.00696. The normalized spacial score (nSPS) is 11.8. The predicted molar refractivity (Wildman–Crippen MR) is 141 cm³/mol. The second-order valence-electron chi connectivity index (χ2n) is 8.27. The van der Waals surface area contributed by atoms with Gasteiger partial charge in [0.05, 0.1) is 43.0 Å². The number of aromatic nitrogens is 2. The van der Waals surface area contributed by atoms with Crippen LogP contribution in [0.15, 0.2) is 70.6 Å². The average Bonchev–Trinajstić information content (AvgIpc) is 3.41. The molecule has 1 aliphatic rings. The maximum atomic E-state index is 13.6. The molecule has 1 aliphatic heterocycles. The predicted octanol–water partition coefficient (Wildman–Crippen LogP) is 3.70. The number of rotatable bonds is 8. The summed E-state index contributed by atoms with van der Waals surface area (Å²) >= 11 is 1.11. The Hall–Kier alpha value is -4.51. The van der Waals surface area contributed by atoms with Crippen LogP contribution in [0.2, 0.25) is 0 Å². The third-order valence-electron chi connectivity index (χ3n) is 5.80. The van der Waals surface area contributed by atoms with Gasteiger partial charge in [0.1, 0.15) is 5.75 Å². The van der Waals surface area contributed by atoms with Crippen LogP contribution in [0.25, 0.3) is 10.9 Å². The second-order valence-corrected chi connectivity index (χ2v) is 9.21. The maximum Gasteiger partial charge on any atom is 0.337 e. The lowest BCUT2D eigenvalue weighted by molar-refractivity contribution is -0.113. The van der Waals surface area contributed by atoms with Crippen molar-refractivity contribution in [2.45, 2.75) is 11.7 Å². The van der Waals surface area contributed by atoms with Crippen molar-refractivity contribution in [2.75, 3.05) is 32.1 Å². The molecule has 0 bridgehead atoms. The number of carbonyl (C=O) groups excluding carboxylic acids is 2. The van der Waals surface area contributed by atoms with Gasteiger partial charge in [0, 0.05) is 11.8 Å².